The zero-order chi connectivity index (χ0) is 14.4. The maximum absolute atomic E-state index is 14.1. The molecule has 0 aliphatic rings. The fourth-order valence-electron chi connectivity index (χ4n) is 2.46. The molecule has 0 unspecified atom stereocenters. The van der Waals surface area contributed by atoms with Gasteiger partial charge >= 0.3 is 0 Å². The molecule has 2 nitrogen and oxygen atoms in total. The Bertz CT molecular complexity index is 857. The molecule has 0 atom stereocenters. The molecule has 20 heavy (non-hydrogen) atoms. The molecule has 2 aromatic carbocycles. The summed E-state index contributed by atoms with van der Waals surface area (Å²) in [7, 11) is 0. The van der Waals surface area contributed by atoms with Crippen LogP contribution in [0.25, 0.3) is 16.7 Å². The van der Waals surface area contributed by atoms with Crippen LogP contribution in [0.2, 0.25) is 0 Å². The average Bonchev–Trinajstić information content (AvgIpc) is 2.70. The van der Waals surface area contributed by atoms with E-state index in [-0.39, 0.29) is 5.52 Å². The predicted octanol–water partition coefficient (Wildman–Crippen LogP) is 4.58. The zero-order valence-electron chi connectivity index (χ0n) is 11.0. The summed E-state index contributed by atoms with van der Waals surface area (Å²) in [5.41, 5.74) is 3.41. The quantitative estimate of drug-likeness (QED) is 0.650. The molecule has 0 saturated carbocycles. The van der Waals surface area contributed by atoms with Gasteiger partial charge in [0.25, 0.3) is 0 Å². The fraction of sp³-hybridized carbons (Fsp3) is 0.133. The Morgan fingerprint density at radius 1 is 1.05 bits per heavy atom. The van der Waals surface area contributed by atoms with Crippen LogP contribution in [0.5, 0.6) is 0 Å². The number of hydrogen-bond donors (Lipinski definition) is 1. The van der Waals surface area contributed by atoms with E-state index < -0.39 is 11.6 Å². The van der Waals surface area contributed by atoms with Gasteiger partial charge in [-0.05, 0) is 61.5 Å². The van der Waals surface area contributed by atoms with Gasteiger partial charge in [-0.3, -0.25) is 4.57 Å². The van der Waals surface area contributed by atoms with Crippen molar-refractivity contribution in [2.75, 3.05) is 0 Å². The molecule has 3 aromatic rings. The lowest BCUT2D eigenvalue weighted by molar-refractivity contribution is 0.514. The van der Waals surface area contributed by atoms with Crippen LogP contribution < -0.4 is 0 Å². The summed E-state index contributed by atoms with van der Waals surface area (Å²) < 4.78 is 29.4. The van der Waals surface area contributed by atoms with Crippen molar-refractivity contribution in [3.8, 4) is 5.69 Å². The SMILES string of the molecule is Cc1cc(C)cc(-n2c(=S)[nH]c3ccc(F)c(F)c32)c1. The summed E-state index contributed by atoms with van der Waals surface area (Å²) in [5, 5.41) is 0. The van der Waals surface area contributed by atoms with Crippen LogP contribution in [-0.4, -0.2) is 9.55 Å². The van der Waals surface area contributed by atoms with Gasteiger partial charge in [-0.15, -0.1) is 0 Å². The Hall–Kier alpha value is -2.01. The minimum absolute atomic E-state index is 0.139. The highest BCUT2D eigenvalue weighted by Crippen LogP contribution is 2.25. The number of aromatic nitrogens is 2. The molecular formula is C15H12F2N2S. The first-order chi connectivity index (χ1) is 9.47. The van der Waals surface area contributed by atoms with Gasteiger partial charge in [0.2, 0.25) is 0 Å². The van der Waals surface area contributed by atoms with E-state index in [4.69, 9.17) is 12.2 Å². The van der Waals surface area contributed by atoms with E-state index in [9.17, 15) is 8.78 Å². The van der Waals surface area contributed by atoms with Gasteiger partial charge in [0.1, 0.15) is 5.52 Å². The number of aromatic amines is 1. The smallest absolute Gasteiger partial charge is 0.184 e. The molecule has 102 valence electrons. The van der Waals surface area contributed by atoms with Crippen molar-refractivity contribution in [2.45, 2.75) is 13.8 Å². The van der Waals surface area contributed by atoms with Gasteiger partial charge in [0, 0.05) is 5.69 Å². The third-order valence-electron chi connectivity index (χ3n) is 3.20. The molecule has 0 radical (unpaired) electrons. The van der Waals surface area contributed by atoms with Gasteiger partial charge in [0.05, 0.1) is 5.52 Å². The molecule has 0 amide bonds. The molecular weight excluding hydrogens is 278 g/mol. The lowest BCUT2D eigenvalue weighted by Gasteiger charge is -2.08. The number of nitrogens with one attached hydrogen (secondary N) is 1. The maximum atomic E-state index is 14.1. The molecule has 5 heteroatoms. The van der Waals surface area contributed by atoms with Gasteiger partial charge in [-0.25, -0.2) is 8.78 Å². The van der Waals surface area contributed by atoms with Crippen molar-refractivity contribution in [2.24, 2.45) is 0 Å². The van der Waals surface area contributed by atoms with Gasteiger partial charge < -0.3 is 4.98 Å². The van der Waals surface area contributed by atoms with Gasteiger partial charge in [-0.2, -0.15) is 0 Å². The van der Waals surface area contributed by atoms with Crippen LogP contribution in [0.1, 0.15) is 11.1 Å². The second-order valence-electron chi connectivity index (χ2n) is 4.87. The Morgan fingerprint density at radius 3 is 2.35 bits per heavy atom. The van der Waals surface area contributed by atoms with Crippen molar-refractivity contribution in [1.29, 1.82) is 0 Å². The molecule has 1 aromatic heterocycles. The van der Waals surface area contributed by atoms with Gasteiger partial charge in [-0.1, -0.05) is 6.07 Å². The minimum Gasteiger partial charge on any atom is -0.330 e. The number of imidazole rings is 1. The number of rotatable bonds is 1. The molecule has 0 aliphatic carbocycles. The topological polar surface area (TPSA) is 20.7 Å². The molecule has 0 spiro atoms. The Kier molecular flexibility index (Phi) is 2.94. The van der Waals surface area contributed by atoms with E-state index in [2.05, 4.69) is 4.98 Å². The first-order valence-electron chi connectivity index (χ1n) is 6.15. The summed E-state index contributed by atoms with van der Waals surface area (Å²) in [6, 6.07) is 8.37. The van der Waals surface area contributed by atoms with Crippen LogP contribution >= 0.6 is 12.2 Å². The van der Waals surface area contributed by atoms with E-state index >= 15 is 0 Å². The van der Waals surface area contributed by atoms with Crippen LogP contribution in [0.4, 0.5) is 8.78 Å². The van der Waals surface area contributed by atoms with E-state index in [1.807, 2.05) is 32.0 Å². The third kappa shape index (κ3) is 1.94. The normalized spacial score (nSPS) is 11.2. The van der Waals surface area contributed by atoms with Crippen molar-refractivity contribution in [1.82, 2.24) is 9.55 Å². The summed E-state index contributed by atoms with van der Waals surface area (Å²) in [5.74, 6) is -1.78. The Balaban J connectivity index is 2.44. The number of H-pyrrole nitrogens is 1. The third-order valence-corrected chi connectivity index (χ3v) is 3.49. The summed E-state index contributed by atoms with van der Waals surface area (Å²) in [4.78, 5) is 2.90. The number of benzene rings is 2. The highest BCUT2D eigenvalue weighted by atomic mass is 32.1. The van der Waals surface area contributed by atoms with E-state index in [1.165, 1.54) is 10.6 Å². The summed E-state index contributed by atoms with van der Waals surface area (Å²) in [6.07, 6.45) is 0. The van der Waals surface area contributed by atoms with Crippen LogP contribution in [-0.2, 0) is 0 Å². The van der Waals surface area contributed by atoms with Gasteiger partial charge in [0.15, 0.2) is 16.4 Å². The molecule has 0 bridgehead atoms. The van der Waals surface area contributed by atoms with Crippen LogP contribution in [0.15, 0.2) is 30.3 Å². The van der Waals surface area contributed by atoms with E-state index in [0.717, 1.165) is 22.9 Å². The number of fused-ring (bicyclic) bond motifs is 1. The second-order valence-corrected chi connectivity index (χ2v) is 5.26. The highest BCUT2D eigenvalue weighted by Gasteiger charge is 2.15. The van der Waals surface area contributed by atoms with E-state index in [1.54, 1.807) is 0 Å². The Labute approximate surface area is 119 Å². The van der Waals surface area contributed by atoms with Crippen molar-refractivity contribution in [3.63, 3.8) is 0 Å². The van der Waals surface area contributed by atoms with Crippen LogP contribution in [0, 0.1) is 30.3 Å². The number of halogens is 2. The number of hydrogen-bond acceptors (Lipinski definition) is 1. The van der Waals surface area contributed by atoms with Crippen LogP contribution in [0.3, 0.4) is 0 Å². The van der Waals surface area contributed by atoms with Crippen molar-refractivity contribution >= 4 is 23.3 Å². The molecule has 0 fully saturated rings. The lowest BCUT2D eigenvalue weighted by Crippen LogP contribution is -1.98. The molecule has 0 aliphatic heterocycles. The lowest BCUT2D eigenvalue weighted by atomic mass is 10.1. The largest absolute Gasteiger partial charge is 0.330 e. The fourth-order valence-corrected chi connectivity index (χ4v) is 2.76. The molecule has 3 rings (SSSR count). The van der Waals surface area contributed by atoms with E-state index in [0.29, 0.717) is 10.3 Å². The summed E-state index contributed by atoms with van der Waals surface area (Å²) >= 11 is 5.24. The maximum Gasteiger partial charge on any atom is 0.184 e. The first-order valence-corrected chi connectivity index (χ1v) is 6.55. The van der Waals surface area contributed by atoms with Crippen molar-refractivity contribution in [3.05, 3.63) is 57.9 Å². The standard InChI is InChI=1S/C15H12F2N2S/c1-8-5-9(2)7-10(6-8)19-14-12(18-15(19)20)4-3-11(16)13(14)17/h3-7H,1-2H3,(H,18,20). The second kappa shape index (κ2) is 4.52. The van der Waals surface area contributed by atoms with Crippen molar-refractivity contribution < 1.29 is 8.78 Å². The summed E-state index contributed by atoms with van der Waals surface area (Å²) in [6.45, 7) is 3.90. The minimum atomic E-state index is -0.894. The molecule has 1 heterocycles. The predicted molar refractivity (Wildman–Crippen MR) is 77.8 cm³/mol. The zero-order valence-corrected chi connectivity index (χ0v) is 11.8. The molecule has 1 N–H and O–H groups in total. The first kappa shape index (κ1) is 13.0. The Morgan fingerprint density at radius 2 is 1.70 bits per heavy atom. The monoisotopic (exact) mass is 290 g/mol. The average molecular weight is 290 g/mol. The highest BCUT2D eigenvalue weighted by molar-refractivity contribution is 7.71. The molecule has 0 saturated heterocycles. The number of aryl methyl sites for hydroxylation is 2. The number of nitrogens with zero attached hydrogens (tertiary/aromatic N) is 1.